The maximum atomic E-state index is 12.1. The predicted molar refractivity (Wildman–Crippen MR) is 82.9 cm³/mol. The lowest BCUT2D eigenvalue weighted by Crippen LogP contribution is -2.47. The summed E-state index contributed by atoms with van der Waals surface area (Å²) in [5, 5.41) is 3.43. The van der Waals surface area contributed by atoms with Crippen molar-refractivity contribution in [2.24, 2.45) is 5.92 Å². The average molecular weight is 306 g/mol. The van der Waals surface area contributed by atoms with E-state index >= 15 is 0 Å². The van der Waals surface area contributed by atoms with Crippen LogP contribution in [0.2, 0.25) is 0 Å². The van der Waals surface area contributed by atoms with E-state index in [0.29, 0.717) is 38.1 Å². The Balaban J connectivity index is 2.32. The molecule has 0 aromatic heterocycles. The Hall–Kier alpha value is -0.210. The lowest BCUT2D eigenvalue weighted by molar-refractivity contribution is 0.261. The SMILES string of the molecule is CC(C)NCC1CCN(S(=O)(=O)NCCN(C)C)CC1. The Bertz CT molecular complexity index is 363. The molecule has 1 rings (SSSR count). The van der Waals surface area contributed by atoms with E-state index in [-0.39, 0.29) is 0 Å². The molecule has 0 saturated carbocycles. The second-order valence-corrected chi connectivity index (χ2v) is 7.86. The van der Waals surface area contributed by atoms with Gasteiger partial charge in [0.15, 0.2) is 0 Å². The summed E-state index contributed by atoms with van der Waals surface area (Å²) in [6, 6.07) is 0.490. The van der Waals surface area contributed by atoms with Gasteiger partial charge in [-0.2, -0.15) is 12.7 Å². The third-order valence-corrected chi connectivity index (χ3v) is 5.19. The molecule has 120 valence electrons. The van der Waals surface area contributed by atoms with Gasteiger partial charge in [0.25, 0.3) is 10.2 Å². The summed E-state index contributed by atoms with van der Waals surface area (Å²) in [5.74, 6) is 0.589. The molecule has 1 aliphatic rings. The van der Waals surface area contributed by atoms with Crippen molar-refractivity contribution in [3.05, 3.63) is 0 Å². The van der Waals surface area contributed by atoms with Crippen molar-refractivity contribution in [1.29, 1.82) is 0 Å². The Morgan fingerprint density at radius 1 is 1.25 bits per heavy atom. The highest BCUT2D eigenvalue weighted by atomic mass is 32.2. The number of hydrogen-bond donors (Lipinski definition) is 2. The van der Waals surface area contributed by atoms with Crippen LogP contribution in [0.5, 0.6) is 0 Å². The molecule has 7 heteroatoms. The number of piperidine rings is 1. The molecule has 20 heavy (non-hydrogen) atoms. The van der Waals surface area contributed by atoms with Gasteiger partial charge in [-0.1, -0.05) is 13.8 Å². The van der Waals surface area contributed by atoms with Gasteiger partial charge < -0.3 is 10.2 Å². The molecule has 0 unspecified atom stereocenters. The fourth-order valence-corrected chi connectivity index (χ4v) is 3.47. The highest BCUT2D eigenvalue weighted by Crippen LogP contribution is 2.18. The van der Waals surface area contributed by atoms with E-state index in [9.17, 15) is 8.42 Å². The first-order valence-corrected chi connectivity index (χ1v) is 8.88. The van der Waals surface area contributed by atoms with Crippen LogP contribution in [0.15, 0.2) is 0 Å². The fraction of sp³-hybridized carbons (Fsp3) is 1.00. The van der Waals surface area contributed by atoms with E-state index in [0.717, 1.165) is 19.4 Å². The van der Waals surface area contributed by atoms with Crippen LogP contribution < -0.4 is 10.0 Å². The van der Waals surface area contributed by atoms with Gasteiger partial charge in [-0.05, 0) is 39.4 Å². The molecule has 0 bridgehead atoms. The Morgan fingerprint density at radius 2 is 1.85 bits per heavy atom. The molecule has 6 nitrogen and oxygen atoms in total. The topological polar surface area (TPSA) is 64.7 Å². The number of nitrogens with zero attached hydrogens (tertiary/aromatic N) is 2. The van der Waals surface area contributed by atoms with Gasteiger partial charge in [-0.15, -0.1) is 0 Å². The Labute approximate surface area is 124 Å². The number of likely N-dealkylation sites (N-methyl/N-ethyl adjacent to an activating group) is 1. The minimum absolute atomic E-state index is 0.462. The van der Waals surface area contributed by atoms with Crippen molar-refractivity contribution < 1.29 is 8.42 Å². The monoisotopic (exact) mass is 306 g/mol. The lowest BCUT2D eigenvalue weighted by atomic mass is 9.98. The van der Waals surface area contributed by atoms with Crippen LogP contribution in [0, 0.1) is 5.92 Å². The molecule has 1 saturated heterocycles. The molecular weight excluding hydrogens is 276 g/mol. The molecule has 1 heterocycles. The van der Waals surface area contributed by atoms with E-state index in [4.69, 9.17) is 0 Å². The molecule has 0 radical (unpaired) electrons. The van der Waals surface area contributed by atoms with E-state index in [1.165, 1.54) is 0 Å². The summed E-state index contributed by atoms with van der Waals surface area (Å²) >= 11 is 0. The quantitative estimate of drug-likeness (QED) is 0.667. The van der Waals surface area contributed by atoms with Crippen LogP contribution >= 0.6 is 0 Å². The highest BCUT2D eigenvalue weighted by molar-refractivity contribution is 7.87. The molecule has 0 spiro atoms. The highest BCUT2D eigenvalue weighted by Gasteiger charge is 2.27. The van der Waals surface area contributed by atoms with Crippen LogP contribution in [-0.4, -0.2) is 70.5 Å². The minimum atomic E-state index is -3.30. The van der Waals surface area contributed by atoms with E-state index < -0.39 is 10.2 Å². The van der Waals surface area contributed by atoms with Gasteiger partial charge in [0.1, 0.15) is 0 Å². The standard InChI is InChI=1S/C13H30N4O2S/c1-12(2)14-11-13-5-8-17(9-6-13)20(18,19)15-7-10-16(3)4/h12-15H,5-11H2,1-4H3. The first-order valence-electron chi connectivity index (χ1n) is 7.44. The zero-order valence-electron chi connectivity index (χ0n) is 13.2. The van der Waals surface area contributed by atoms with Gasteiger partial charge in [0.05, 0.1) is 0 Å². The van der Waals surface area contributed by atoms with Crippen LogP contribution in [0.4, 0.5) is 0 Å². The zero-order chi connectivity index (χ0) is 15.2. The van der Waals surface area contributed by atoms with Crippen molar-refractivity contribution in [3.8, 4) is 0 Å². The number of nitrogens with one attached hydrogen (secondary N) is 2. The fourth-order valence-electron chi connectivity index (χ4n) is 2.25. The lowest BCUT2D eigenvalue weighted by Gasteiger charge is -2.31. The first-order chi connectivity index (χ1) is 9.31. The Morgan fingerprint density at radius 3 is 2.35 bits per heavy atom. The zero-order valence-corrected chi connectivity index (χ0v) is 14.0. The average Bonchev–Trinajstić information content (AvgIpc) is 2.36. The number of rotatable bonds is 8. The van der Waals surface area contributed by atoms with Gasteiger partial charge >= 0.3 is 0 Å². The van der Waals surface area contributed by atoms with E-state index in [2.05, 4.69) is 23.9 Å². The normalized spacial score (nSPS) is 19.1. The predicted octanol–water partition coefficient (Wildman–Crippen LogP) is 0.0924. The molecule has 0 atom stereocenters. The van der Waals surface area contributed by atoms with Crippen LogP contribution in [0.25, 0.3) is 0 Å². The number of hydrogen-bond acceptors (Lipinski definition) is 4. The largest absolute Gasteiger partial charge is 0.314 e. The van der Waals surface area contributed by atoms with Gasteiger partial charge in [0.2, 0.25) is 0 Å². The molecule has 0 aromatic carbocycles. The van der Waals surface area contributed by atoms with Crippen molar-refractivity contribution >= 4 is 10.2 Å². The van der Waals surface area contributed by atoms with Crippen LogP contribution in [-0.2, 0) is 10.2 Å². The summed E-state index contributed by atoms with van der Waals surface area (Å²) in [6.07, 6.45) is 1.88. The molecule has 0 amide bonds. The molecule has 2 N–H and O–H groups in total. The van der Waals surface area contributed by atoms with E-state index in [1.807, 2.05) is 19.0 Å². The Kier molecular flexibility index (Phi) is 7.39. The third-order valence-electron chi connectivity index (χ3n) is 3.57. The smallest absolute Gasteiger partial charge is 0.279 e. The first kappa shape index (κ1) is 17.8. The summed E-state index contributed by atoms with van der Waals surface area (Å²) in [7, 11) is 0.567. The summed E-state index contributed by atoms with van der Waals surface area (Å²) < 4.78 is 28.5. The molecule has 1 fully saturated rings. The van der Waals surface area contributed by atoms with Crippen molar-refractivity contribution in [2.45, 2.75) is 32.7 Å². The second-order valence-electron chi connectivity index (χ2n) is 6.11. The van der Waals surface area contributed by atoms with Gasteiger partial charge in [0, 0.05) is 32.2 Å². The van der Waals surface area contributed by atoms with Crippen molar-refractivity contribution in [1.82, 2.24) is 19.2 Å². The molecular formula is C13H30N4O2S. The second kappa shape index (κ2) is 8.29. The summed E-state index contributed by atoms with van der Waals surface area (Å²) in [6.45, 7) is 7.68. The van der Waals surface area contributed by atoms with Gasteiger partial charge in [-0.3, -0.25) is 0 Å². The van der Waals surface area contributed by atoms with Crippen LogP contribution in [0.3, 0.4) is 0 Å². The van der Waals surface area contributed by atoms with Crippen molar-refractivity contribution in [3.63, 3.8) is 0 Å². The van der Waals surface area contributed by atoms with Crippen LogP contribution in [0.1, 0.15) is 26.7 Å². The summed E-state index contributed by atoms with van der Waals surface area (Å²) in [4.78, 5) is 1.96. The molecule has 0 aliphatic carbocycles. The van der Waals surface area contributed by atoms with Crippen molar-refractivity contribution in [2.75, 3.05) is 46.8 Å². The van der Waals surface area contributed by atoms with Gasteiger partial charge in [-0.25, -0.2) is 4.72 Å². The third kappa shape index (κ3) is 6.49. The molecule has 1 aliphatic heterocycles. The van der Waals surface area contributed by atoms with E-state index in [1.54, 1.807) is 4.31 Å². The minimum Gasteiger partial charge on any atom is -0.314 e. The molecule has 0 aromatic rings. The maximum Gasteiger partial charge on any atom is 0.279 e. The maximum absolute atomic E-state index is 12.1. The summed E-state index contributed by atoms with van der Waals surface area (Å²) in [5.41, 5.74) is 0.